The molecule has 0 saturated carbocycles. The first-order valence-electron chi connectivity index (χ1n) is 15.0. The Morgan fingerprint density at radius 3 is 2.35 bits per heavy atom. The normalized spacial score (nSPS) is 12.5. The molecule has 3 aromatic heterocycles. The maximum atomic E-state index is 13.9. The number of halogens is 2. The molecule has 48 heavy (non-hydrogen) atoms. The zero-order valence-corrected chi connectivity index (χ0v) is 26.9. The predicted molar refractivity (Wildman–Crippen MR) is 178 cm³/mol. The van der Waals surface area contributed by atoms with Gasteiger partial charge in [0, 0.05) is 11.8 Å². The molecule has 0 radical (unpaired) electrons. The van der Waals surface area contributed by atoms with Crippen molar-refractivity contribution in [1.29, 1.82) is 5.26 Å². The van der Waals surface area contributed by atoms with Crippen molar-refractivity contribution in [3.05, 3.63) is 102 Å². The van der Waals surface area contributed by atoms with Crippen LogP contribution >= 0.6 is 0 Å². The number of nitriles is 1. The molecular weight excluding hydrogens is 618 g/mol. The van der Waals surface area contributed by atoms with Gasteiger partial charge in [-0.3, -0.25) is 4.57 Å². The second-order valence-corrected chi connectivity index (χ2v) is 11.9. The number of imidazole rings is 2. The van der Waals surface area contributed by atoms with Crippen LogP contribution in [0, 0.1) is 23.0 Å². The number of hydrogen-bond acceptors (Lipinski definition) is 9. The van der Waals surface area contributed by atoms with E-state index in [4.69, 9.17) is 10.5 Å². The Morgan fingerprint density at radius 2 is 1.67 bits per heavy atom. The van der Waals surface area contributed by atoms with Crippen molar-refractivity contribution in [3.63, 3.8) is 0 Å². The zero-order chi connectivity index (χ0) is 34.6. The van der Waals surface area contributed by atoms with E-state index in [-0.39, 0.29) is 35.1 Å². The summed E-state index contributed by atoms with van der Waals surface area (Å²) < 4.78 is 34.1. The third-order valence-corrected chi connectivity index (χ3v) is 6.99. The number of nitrogens with zero attached hydrogens (tertiary/aromatic N) is 6. The summed E-state index contributed by atoms with van der Waals surface area (Å²) in [4.78, 5) is 31.6. The second-order valence-electron chi connectivity index (χ2n) is 11.9. The number of carbonyl (C=O) groups excluding carboxylic acids is 1. The molecular formula is C34H34F2N10O2. The lowest BCUT2D eigenvalue weighted by atomic mass is 10.2. The van der Waals surface area contributed by atoms with Gasteiger partial charge in [0.25, 0.3) is 0 Å². The highest BCUT2D eigenvalue weighted by molar-refractivity contribution is 5.79. The quantitative estimate of drug-likeness (QED) is 0.150. The van der Waals surface area contributed by atoms with Crippen molar-refractivity contribution in [3.8, 4) is 11.8 Å². The first kappa shape index (κ1) is 33.3. The molecule has 3 aromatic carbocycles. The van der Waals surface area contributed by atoms with Gasteiger partial charge in [0.2, 0.25) is 0 Å². The number of H-pyrrole nitrogens is 1. The van der Waals surface area contributed by atoms with Crippen LogP contribution < -0.4 is 16.4 Å². The molecule has 0 unspecified atom stereocenters. The van der Waals surface area contributed by atoms with Gasteiger partial charge in [0.05, 0.1) is 34.2 Å². The largest absolute Gasteiger partial charge is 0.444 e. The Balaban J connectivity index is 0.000000199. The summed E-state index contributed by atoms with van der Waals surface area (Å²) >= 11 is 0. The Bertz CT molecular complexity index is 2120. The minimum Gasteiger partial charge on any atom is -0.444 e. The van der Waals surface area contributed by atoms with E-state index in [9.17, 15) is 18.8 Å². The Morgan fingerprint density at radius 1 is 0.979 bits per heavy atom. The number of rotatable bonds is 6. The number of anilines is 2. The third-order valence-electron chi connectivity index (χ3n) is 6.99. The molecule has 6 rings (SSSR count). The lowest BCUT2D eigenvalue weighted by Gasteiger charge is -2.21. The van der Waals surface area contributed by atoms with Crippen LogP contribution in [-0.4, -0.2) is 41.2 Å². The molecule has 2 atom stereocenters. The number of nitrogen functional groups attached to an aromatic ring is 1. The molecule has 5 N–H and O–H groups in total. The molecule has 0 aliphatic rings. The number of nitrogens with one attached hydrogen (secondary N) is 3. The van der Waals surface area contributed by atoms with Crippen LogP contribution in [0.2, 0.25) is 0 Å². The molecule has 6 aromatic rings. The van der Waals surface area contributed by atoms with E-state index in [2.05, 4.69) is 35.6 Å². The number of amides is 1. The highest BCUT2D eigenvalue weighted by Crippen LogP contribution is 2.29. The van der Waals surface area contributed by atoms with E-state index >= 15 is 0 Å². The number of aromatic nitrogens is 6. The number of benzene rings is 3. The Labute approximate surface area is 275 Å². The van der Waals surface area contributed by atoms with Crippen LogP contribution in [-0.2, 0) is 4.74 Å². The minimum atomic E-state index is -0.555. The number of nitrogens with two attached hydrogens (primary N) is 1. The zero-order valence-electron chi connectivity index (χ0n) is 26.9. The Hall–Kier alpha value is -6.10. The maximum Gasteiger partial charge on any atom is 0.408 e. The lowest BCUT2D eigenvalue weighted by molar-refractivity contribution is 0.0506. The van der Waals surface area contributed by atoms with Crippen LogP contribution in [0.4, 0.5) is 25.2 Å². The average molecular weight is 653 g/mol. The van der Waals surface area contributed by atoms with Gasteiger partial charge in [-0.1, -0.05) is 18.2 Å². The van der Waals surface area contributed by atoms with Crippen LogP contribution in [0.1, 0.15) is 63.9 Å². The van der Waals surface area contributed by atoms with E-state index in [1.165, 1.54) is 30.6 Å². The molecule has 1 amide bonds. The van der Waals surface area contributed by atoms with E-state index in [0.717, 1.165) is 5.69 Å². The van der Waals surface area contributed by atoms with Crippen LogP contribution in [0.25, 0.3) is 27.8 Å². The topological polar surface area (TPSA) is 172 Å². The third kappa shape index (κ3) is 7.64. The monoisotopic (exact) mass is 652 g/mol. The van der Waals surface area contributed by atoms with Crippen molar-refractivity contribution in [2.45, 2.75) is 52.3 Å². The van der Waals surface area contributed by atoms with E-state index in [0.29, 0.717) is 39.5 Å². The number of aromatic amines is 1. The molecule has 246 valence electrons. The molecule has 14 heteroatoms. The summed E-state index contributed by atoms with van der Waals surface area (Å²) in [5.74, 6) is 0.947. The number of ether oxygens (including phenoxy) is 1. The van der Waals surface area contributed by atoms with Crippen molar-refractivity contribution in [2.24, 2.45) is 0 Å². The van der Waals surface area contributed by atoms with Crippen molar-refractivity contribution < 1.29 is 18.3 Å². The molecule has 12 nitrogen and oxygen atoms in total. The van der Waals surface area contributed by atoms with Gasteiger partial charge in [-0.05, 0) is 77.1 Å². The SMILES string of the molecule is C[C@H](NC(=O)OC(C)(C)C)c1nc2ccc(F)cc2[nH]1.C[C@H](Nc1ncnc(N)c1C#N)c1nc2ccc(F)cc2n1-c1ccccc1. The number of para-hydroxylation sites is 1. The van der Waals surface area contributed by atoms with Gasteiger partial charge in [-0.2, -0.15) is 5.26 Å². The number of fused-ring (bicyclic) bond motifs is 2. The van der Waals surface area contributed by atoms with Gasteiger partial charge in [0.15, 0.2) is 0 Å². The van der Waals surface area contributed by atoms with E-state index < -0.39 is 11.7 Å². The van der Waals surface area contributed by atoms with E-state index in [1.54, 1.807) is 39.8 Å². The van der Waals surface area contributed by atoms with Gasteiger partial charge in [0.1, 0.15) is 58.5 Å². The van der Waals surface area contributed by atoms with Crippen molar-refractivity contribution >= 4 is 39.8 Å². The first-order chi connectivity index (χ1) is 22.8. The summed E-state index contributed by atoms with van der Waals surface area (Å²) in [6.07, 6.45) is 0.775. The average Bonchev–Trinajstić information content (AvgIpc) is 3.62. The maximum absolute atomic E-state index is 13.9. The van der Waals surface area contributed by atoms with E-state index in [1.807, 2.05) is 47.9 Å². The predicted octanol–water partition coefficient (Wildman–Crippen LogP) is 6.87. The van der Waals surface area contributed by atoms with Gasteiger partial charge < -0.3 is 26.1 Å². The molecule has 0 aliphatic carbocycles. The van der Waals surface area contributed by atoms with Crippen LogP contribution in [0.3, 0.4) is 0 Å². The fraction of sp³-hybridized carbons (Fsp3) is 0.235. The molecule has 0 bridgehead atoms. The van der Waals surface area contributed by atoms with Crippen LogP contribution in [0.15, 0.2) is 73.1 Å². The smallest absolute Gasteiger partial charge is 0.408 e. The summed E-state index contributed by atoms with van der Waals surface area (Å²) in [6.45, 7) is 9.04. The fourth-order valence-electron chi connectivity index (χ4n) is 4.85. The summed E-state index contributed by atoms with van der Waals surface area (Å²) in [7, 11) is 0. The number of hydrogen-bond donors (Lipinski definition) is 4. The number of alkyl carbamates (subject to hydrolysis) is 1. The fourth-order valence-corrected chi connectivity index (χ4v) is 4.85. The standard InChI is InChI=1S/C20H16FN7.C14H18FN3O2/c1-12(26-19-15(10-22)18(23)24-11-25-19)20-27-16-8-7-13(21)9-17(16)28(20)14-5-3-2-4-6-14;1-8(16-13(19)20-14(2,3)4)12-17-10-6-5-9(15)7-11(10)18-12/h2-9,11-12H,1H3,(H3,23,24,25,26);5-8H,1-4H3,(H,16,19)(H,17,18)/t12-;8-/m00/s1. The van der Waals surface area contributed by atoms with Crippen LogP contribution in [0.5, 0.6) is 0 Å². The molecule has 0 spiro atoms. The highest BCUT2D eigenvalue weighted by atomic mass is 19.1. The van der Waals surface area contributed by atoms with Gasteiger partial charge >= 0.3 is 6.09 Å². The Kier molecular flexibility index (Phi) is 9.51. The minimum absolute atomic E-state index is 0.103. The van der Waals surface area contributed by atoms with Crippen molar-refractivity contribution in [2.75, 3.05) is 11.1 Å². The van der Waals surface area contributed by atoms with Gasteiger partial charge in [-0.25, -0.2) is 33.5 Å². The summed E-state index contributed by atoms with van der Waals surface area (Å²) in [5, 5.41) is 15.2. The highest BCUT2D eigenvalue weighted by Gasteiger charge is 2.22. The number of carbonyl (C=O) groups is 1. The van der Waals surface area contributed by atoms with Gasteiger partial charge in [-0.15, -0.1) is 0 Å². The molecule has 3 heterocycles. The second kappa shape index (κ2) is 13.7. The molecule has 0 saturated heterocycles. The molecule has 0 aliphatic heterocycles. The van der Waals surface area contributed by atoms with Crippen molar-refractivity contribution in [1.82, 2.24) is 34.8 Å². The molecule has 0 fully saturated rings. The lowest BCUT2D eigenvalue weighted by Crippen LogP contribution is -2.34. The first-order valence-corrected chi connectivity index (χ1v) is 15.0. The summed E-state index contributed by atoms with van der Waals surface area (Å²) in [5.41, 5.74) is 8.79. The summed E-state index contributed by atoms with van der Waals surface area (Å²) in [6, 6.07) is 19.6.